The number of aliphatic hydroxyl groups excluding tert-OH is 1. The first-order valence-electron chi connectivity index (χ1n) is 7.61. The van der Waals surface area contributed by atoms with Crippen molar-refractivity contribution in [3.8, 4) is 11.5 Å². The van der Waals surface area contributed by atoms with Crippen LogP contribution < -0.4 is 4.74 Å². The molecule has 0 radical (unpaired) electrons. The van der Waals surface area contributed by atoms with Crippen LogP contribution in [0.3, 0.4) is 0 Å². The average molecular weight is 302 g/mol. The van der Waals surface area contributed by atoms with Gasteiger partial charge in [-0.15, -0.1) is 0 Å². The van der Waals surface area contributed by atoms with Gasteiger partial charge in [-0.2, -0.15) is 0 Å². The molecule has 1 aromatic carbocycles. The molecule has 0 aromatic heterocycles. The molecule has 0 fully saturated rings. The quantitative estimate of drug-likeness (QED) is 0.836. The lowest BCUT2D eigenvalue weighted by Gasteiger charge is -2.45. The van der Waals surface area contributed by atoms with E-state index in [9.17, 15) is 15.0 Å². The van der Waals surface area contributed by atoms with Crippen LogP contribution in [-0.2, 0) is 0 Å². The standard InChI is InChI=1S/C18H22O4/c1-9-14(22-4)7-11-10-5-6-15(20)18(2,3)12(10)8-13(19)16(11)17(9)21/h5,7,12,15,20-21H,6,8H2,1-4H3/t12-,15-/m0/s1. The van der Waals surface area contributed by atoms with Crippen LogP contribution in [0.5, 0.6) is 11.5 Å². The molecule has 1 aromatic rings. The van der Waals surface area contributed by atoms with E-state index in [-0.39, 0.29) is 22.9 Å². The van der Waals surface area contributed by atoms with E-state index in [0.29, 0.717) is 29.7 Å². The molecular formula is C18H22O4. The number of hydrogen-bond acceptors (Lipinski definition) is 4. The molecule has 0 bridgehead atoms. The predicted molar refractivity (Wildman–Crippen MR) is 84.2 cm³/mol. The van der Waals surface area contributed by atoms with Crippen LogP contribution in [-0.4, -0.2) is 29.2 Å². The van der Waals surface area contributed by atoms with Crippen LogP contribution in [0.15, 0.2) is 12.1 Å². The van der Waals surface area contributed by atoms with Crippen LogP contribution in [0.1, 0.15) is 48.2 Å². The van der Waals surface area contributed by atoms with E-state index < -0.39 is 6.10 Å². The van der Waals surface area contributed by atoms with Gasteiger partial charge in [-0.3, -0.25) is 4.79 Å². The maximum atomic E-state index is 12.6. The summed E-state index contributed by atoms with van der Waals surface area (Å²) in [6.45, 7) is 5.74. The van der Waals surface area contributed by atoms with Gasteiger partial charge in [0.2, 0.25) is 0 Å². The van der Waals surface area contributed by atoms with Crippen molar-refractivity contribution < 1.29 is 19.7 Å². The zero-order valence-corrected chi connectivity index (χ0v) is 13.4. The number of carbonyl (C=O) groups excluding carboxylic acids is 1. The Kier molecular flexibility index (Phi) is 3.33. The summed E-state index contributed by atoms with van der Waals surface area (Å²) in [5, 5.41) is 20.7. The zero-order chi connectivity index (χ0) is 16.2. The number of phenolic OH excluding ortho intramolecular Hbond substituents is 1. The van der Waals surface area contributed by atoms with E-state index >= 15 is 0 Å². The number of allylic oxidation sites excluding steroid dienone is 1. The summed E-state index contributed by atoms with van der Waals surface area (Å²) in [4.78, 5) is 12.6. The summed E-state index contributed by atoms with van der Waals surface area (Å²) < 4.78 is 5.33. The second-order valence-corrected chi connectivity index (χ2v) is 6.89. The molecular weight excluding hydrogens is 280 g/mol. The summed E-state index contributed by atoms with van der Waals surface area (Å²) in [6, 6.07) is 1.84. The van der Waals surface area contributed by atoms with E-state index in [1.165, 1.54) is 0 Å². The fourth-order valence-electron chi connectivity index (χ4n) is 3.74. The SMILES string of the molecule is COc1cc2c(c(O)c1C)C(=O)C[C@H]1C2=CC[C@H](O)C1(C)C. The highest BCUT2D eigenvalue weighted by Gasteiger charge is 2.46. The van der Waals surface area contributed by atoms with Gasteiger partial charge >= 0.3 is 0 Å². The Hall–Kier alpha value is -1.81. The third-order valence-corrected chi connectivity index (χ3v) is 5.40. The van der Waals surface area contributed by atoms with E-state index in [1.54, 1.807) is 14.0 Å². The van der Waals surface area contributed by atoms with Crippen molar-refractivity contribution in [1.29, 1.82) is 0 Å². The third-order valence-electron chi connectivity index (χ3n) is 5.40. The number of phenols is 1. The number of rotatable bonds is 1. The van der Waals surface area contributed by atoms with Crippen molar-refractivity contribution in [3.05, 3.63) is 28.8 Å². The Morgan fingerprint density at radius 1 is 1.36 bits per heavy atom. The lowest BCUT2D eigenvalue weighted by molar-refractivity contribution is 0.0167. The van der Waals surface area contributed by atoms with Crippen molar-refractivity contribution in [3.63, 3.8) is 0 Å². The summed E-state index contributed by atoms with van der Waals surface area (Å²) >= 11 is 0. The van der Waals surface area contributed by atoms with Crippen molar-refractivity contribution in [2.24, 2.45) is 11.3 Å². The van der Waals surface area contributed by atoms with Gasteiger partial charge < -0.3 is 14.9 Å². The molecule has 0 aliphatic heterocycles. The van der Waals surface area contributed by atoms with Crippen LogP contribution >= 0.6 is 0 Å². The minimum atomic E-state index is -0.462. The topological polar surface area (TPSA) is 66.8 Å². The van der Waals surface area contributed by atoms with Crippen LogP contribution in [0.25, 0.3) is 5.57 Å². The molecule has 22 heavy (non-hydrogen) atoms. The Labute approximate surface area is 130 Å². The van der Waals surface area contributed by atoms with Gasteiger partial charge in [0.25, 0.3) is 0 Å². The maximum absolute atomic E-state index is 12.6. The van der Waals surface area contributed by atoms with Gasteiger partial charge in [-0.25, -0.2) is 0 Å². The molecule has 2 atom stereocenters. The molecule has 118 valence electrons. The number of Topliss-reactive ketones (excluding diaryl/α,β-unsaturated/α-hetero) is 1. The summed E-state index contributed by atoms with van der Waals surface area (Å²) in [5.74, 6) is 0.489. The number of benzene rings is 1. The van der Waals surface area contributed by atoms with Crippen molar-refractivity contribution >= 4 is 11.4 Å². The minimum Gasteiger partial charge on any atom is -0.507 e. The molecule has 4 nitrogen and oxygen atoms in total. The number of hydrogen-bond donors (Lipinski definition) is 2. The fourth-order valence-corrected chi connectivity index (χ4v) is 3.74. The van der Waals surface area contributed by atoms with Crippen molar-refractivity contribution in [1.82, 2.24) is 0 Å². The lowest BCUT2D eigenvalue weighted by Crippen LogP contribution is -2.42. The molecule has 3 rings (SSSR count). The van der Waals surface area contributed by atoms with Gasteiger partial charge in [0.1, 0.15) is 11.5 Å². The first-order valence-corrected chi connectivity index (χ1v) is 7.61. The summed E-state index contributed by atoms with van der Waals surface area (Å²) in [7, 11) is 1.55. The van der Waals surface area contributed by atoms with E-state index in [1.807, 2.05) is 26.0 Å². The highest BCUT2D eigenvalue weighted by Crippen LogP contribution is 2.53. The smallest absolute Gasteiger partial charge is 0.167 e. The molecule has 0 saturated carbocycles. The first kappa shape index (κ1) is 15.1. The number of fused-ring (bicyclic) bond motifs is 3. The summed E-state index contributed by atoms with van der Waals surface area (Å²) in [5.41, 5.74) is 2.40. The number of aliphatic hydroxyl groups is 1. The van der Waals surface area contributed by atoms with Crippen molar-refractivity contribution in [2.45, 2.75) is 39.7 Å². The van der Waals surface area contributed by atoms with Gasteiger partial charge in [-0.05, 0) is 41.9 Å². The largest absolute Gasteiger partial charge is 0.507 e. The number of methoxy groups -OCH3 is 1. The molecule has 4 heteroatoms. The fraction of sp³-hybridized carbons (Fsp3) is 0.500. The zero-order valence-electron chi connectivity index (χ0n) is 13.4. The number of aromatic hydroxyl groups is 1. The Balaban J connectivity index is 2.26. The molecule has 0 saturated heterocycles. The number of ether oxygens (including phenoxy) is 1. The Bertz CT molecular complexity index is 685. The lowest BCUT2D eigenvalue weighted by atomic mass is 9.60. The van der Waals surface area contributed by atoms with Gasteiger partial charge in [0.05, 0.1) is 18.8 Å². The Morgan fingerprint density at radius 2 is 2.05 bits per heavy atom. The van der Waals surface area contributed by atoms with Crippen LogP contribution in [0.2, 0.25) is 0 Å². The monoisotopic (exact) mass is 302 g/mol. The van der Waals surface area contributed by atoms with E-state index in [4.69, 9.17) is 4.74 Å². The average Bonchev–Trinajstić information content (AvgIpc) is 2.47. The molecule has 0 spiro atoms. The maximum Gasteiger partial charge on any atom is 0.167 e. The molecule has 0 heterocycles. The molecule has 2 aliphatic carbocycles. The normalized spacial score (nSPS) is 26.0. The highest BCUT2D eigenvalue weighted by molar-refractivity contribution is 6.07. The first-order chi connectivity index (χ1) is 10.3. The van der Waals surface area contributed by atoms with Gasteiger partial charge in [0.15, 0.2) is 5.78 Å². The van der Waals surface area contributed by atoms with E-state index in [2.05, 4.69) is 0 Å². The number of carbonyl (C=O) groups is 1. The van der Waals surface area contributed by atoms with Crippen LogP contribution in [0, 0.1) is 18.3 Å². The molecule has 2 aliphatic rings. The second-order valence-electron chi connectivity index (χ2n) is 6.89. The predicted octanol–water partition coefficient (Wildman–Crippen LogP) is 3.09. The molecule has 0 amide bonds. The van der Waals surface area contributed by atoms with Gasteiger partial charge in [-0.1, -0.05) is 19.9 Å². The summed E-state index contributed by atoms with van der Waals surface area (Å²) in [6.07, 6.45) is 2.42. The number of ketones is 1. The second kappa shape index (κ2) is 4.85. The van der Waals surface area contributed by atoms with Crippen molar-refractivity contribution in [2.75, 3.05) is 7.11 Å². The Morgan fingerprint density at radius 3 is 2.68 bits per heavy atom. The van der Waals surface area contributed by atoms with Crippen LogP contribution in [0.4, 0.5) is 0 Å². The molecule has 2 N–H and O–H groups in total. The highest BCUT2D eigenvalue weighted by atomic mass is 16.5. The minimum absolute atomic E-state index is 0.0163. The van der Waals surface area contributed by atoms with Gasteiger partial charge in [0, 0.05) is 12.0 Å². The van der Waals surface area contributed by atoms with E-state index in [0.717, 1.165) is 11.1 Å². The third kappa shape index (κ3) is 1.90. The molecule has 0 unspecified atom stereocenters.